The molecule has 67 valence electrons. The Labute approximate surface area is 72.4 Å². The average molecular weight is 155 g/mol. The maximum Gasteiger partial charge on any atom is -0.0417 e. The van der Waals surface area contributed by atoms with Gasteiger partial charge in [-0.15, -0.1) is 0 Å². The predicted molar refractivity (Wildman–Crippen MR) is 52.5 cm³/mol. The molecule has 0 amide bonds. The minimum absolute atomic E-state index is 0.705. The summed E-state index contributed by atoms with van der Waals surface area (Å²) >= 11 is 0. The van der Waals surface area contributed by atoms with Crippen LogP contribution in [0.3, 0.4) is 0 Å². The van der Waals surface area contributed by atoms with Crippen LogP contribution >= 0.6 is 0 Å². The van der Waals surface area contributed by atoms with Gasteiger partial charge in [-0.2, -0.15) is 0 Å². The molecule has 0 heteroatoms. The maximum absolute atomic E-state index is 4.07. The first-order valence-corrected chi connectivity index (χ1v) is 5.14. The molecule has 0 aromatic rings. The summed E-state index contributed by atoms with van der Waals surface area (Å²) in [5, 5.41) is 0. The predicted octanol–water partition coefficient (Wildman–Crippen LogP) is 4.21. The summed E-state index contributed by atoms with van der Waals surface area (Å²) in [5.74, 6) is 0.705. The standard InChI is InChI=1S/C11H23/c1-4-6-7-8-9-10-11(3)5-2/h11H,3-10H2,1-2H3. The Balaban J connectivity index is 2.89. The molecule has 0 saturated carbocycles. The normalized spacial score (nSPS) is 13.4. The summed E-state index contributed by atoms with van der Waals surface area (Å²) in [6.45, 7) is 8.56. The molecule has 11 heavy (non-hydrogen) atoms. The topological polar surface area (TPSA) is 0 Å². The Kier molecular flexibility index (Phi) is 8.10. The summed E-state index contributed by atoms with van der Waals surface area (Å²) < 4.78 is 0. The van der Waals surface area contributed by atoms with Gasteiger partial charge in [0.25, 0.3) is 0 Å². The summed E-state index contributed by atoms with van der Waals surface area (Å²) in [6, 6.07) is 0. The van der Waals surface area contributed by atoms with E-state index in [1.165, 1.54) is 44.9 Å². The van der Waals surface area contributed by atoms with E-state index in [1.807, 2.05) is 0 Å². The highest BCUT2D eigenvalue weighted by atomic mass is 14.0. The molecule has 1 radical (unpaired) electrons. The van der Waals surface area contributed by atoms with Gasteiger partial charge in [0, 0.05) is 0 Å². The van der Waals surface area contributed by atoms with E-state index in [-0.39, 0.29) is 0 Å². The molecule has 0 bridgehead atoms. The fourth-order valence-corrected chi connectivity index (χ4v) is 1.24. The van der Waals surface area contributed by atoms with Crippen LogP contribution in [0.15, 0.2) is 0 Å². The van der Waals surface area contributed by atoms with Crippen molar-refractivity contribution in [3.63, 3.8) is 0 Å². The molecule has 0 aliphatic carbocycles. The van der Waals surface area contributed by atoms with E-state index in [9.17, 15) is 0 Å². The Morgan fingerprint density at radius 3 is 2.18 bits per heavy atom. The van der Waals surface area contributed by atoms with E-state index in [2.05, 4.69) is 20.8 Å². The molecule has 0 N–H and O–H groups in total. The quantitative estimate of drug-likeness (QED) is 0.483. The zero-order valence-electron chi connectivity index (χ0n) is 8.23. The van der Waals surface area contributed by atoms with Crippen molar-refractivity contribution in [1.29, 1.82) is 0 Å². The zero-order valence-corrected chi connectivity index (χ0v) is 8.23. The number of unbranched alkanes of at least 4 members (excludes halogenated alkanes) is 4. The van der Waals surface area contributed by atoms with Gasteiger partial charge in [0.15, 0.2) is 0 Å². The Morgan fingerprint density at radius 1 is 1.00 bits per heavy atom. The Morgan fingerprint density at radius 2 is 1.64 bits per heavy atom. The van der Waals surface area contributed by atoms with Crippen molar-refractivity contribution in [3.05, 3.63) is 6.92 Å². The van der Waals surface area contributed by atoms with Gasteiger partial charge in [-0.1, -0.05) is 65.7 Å². The van der Waals surface area contributed by atoms with Crippen molar-refractivity contribution < 1.29 is 0 Å². The average Bonchev–Trinajstić information content (AvgIpc) is 2.04. The lowest BCUT2D eigenvalue weighted by Crippen LogP contribution is -1.91. The highest BCUT2D eigenvalue weighted by molar-refractivity contribution is 4.58. The van der Waals surface area contributed by atoms with Crippen LogP contribution in [0.25, 0.3) is 0 Å². The summed E-state index contributed by atoms with van der Waals surface area (Å²) in [7, 11) is 0. The third kappa shape index (κ3) is 7.90. The first kappa shape index (κ1) is 11.0. The molecule has 0 fully saturated rings. The first-order valence-electron chi connectivity index (χ1n) is 5.14. The molecular formula is C11H23. The van der Waals surface area contributed by atoms with Gasteiger partial charge in [-0.05, 0) is 5.92 Å². The molecule has 1 unspecified atom stereocenters. The van der Waals surface area contributed by atoms with Gasteiger partial charge in [0.1, 0.15) is 0 Å². The van der Waals surface area contributed by atoms with Crippen molar-refractivity contribution in [2.24, 2.45) is 5.92 Å². The largest absolute Gasteiger partial charge is 0.0654 e. The van der Waals surface area contributed by atoms with Crippen LogP contribution in [0.5, 0.6) is 0 Å². The first-order chi connectivity index (χ1) is 5.31. The van der Waals surface area contributed by atoms with E-state index in [0.29, 0.717) is 5.92 Å². The van der Waals surface area contributed by atoms with Crippen molar-refractivity contribution in [2.45, 2.75) is 58.8 Å². The Hall–Kier alpha value is 0. The third-order valence-corrected chi connectivity index (χ3v) is 2.29. The minimum Gasteiger partial charge on any atom is -0.0654 e. The number of rotatable bonds is 7. The molecule has 1 atom stereocenters. The highest BCUT2D eigenvalue weighted by Gasteiger charge is 1.97. The van der Waals surface area contributed by atoms with Crippen molar-refractivity contribution in [2.75, 3.05) is 0 Å². The van der Waals surface area contributed by atoms with E-state index in [4.69, 9.17) is 0 Å². The van der Waals surface area contributed by atoms with Gasteiger partial charge in [0.05, 0.1) is 0 Å². The lowest BCUT2D eigenvalue weighted by atomic mass is 10.0. The van der Waals surface area contributed by atoms with Crippen molar-refractivity contribution in [3.8, 4) is 0 Å². The van der Waals surface area contributed by atoms with E-state index < -0.39 is 0 Å². The summed E-state index contributed by atoms with van der Waals surface area (Å²) in [5.41, 5.74) is 0. The molecule has 0 aliphatic heterocycles. The van der Waals surface area contributed by atoms with Crippen LogP contribution in [0.1, 0.15) is 58.8 Å². The molecule has 0 nitrogen and oxygen atoms in total. The van der Waals surface area contributed by atoms with Crippen LogP contribution in [0.2, 0.25) is 0 Å². The van der Waals surface area contributed by atoms with Gasteiger partial charge < -0.3 is 0 Å². The third-order valence-electron chi connectivity index (χ3n) is 2.29. The lowest BCUT2D eigenvalue weighted by molar-refractivity contribution is 0.510. The van der Waals surface area contributed by atoms with Crippen LogP contribution in [-0.2, 0) is 0 Å². The van der Waals surface area contributed by atoms with Crippen LogP contribution < -0.4 is 0 Å². The van der Waals surface area contributed by atoms with Gasteiger partial charge in [-0.25, -0.2) is 0 Å². The van der Waals surface area contributed by atoms with E-state index >= 15 is 0 Å². The second-order valence-corrected chi connectivity index (χ2v) is 3.48. The van der Waals surface area contributed by atoms with Gasteiger partial charge in [-0.3, -0.25) is 0 Å². The molecule has 0 rings (SSSR count). The maximum atomic E-state index is 4.07. The number of hydrogen-bond acceptors (Lipinski definition) is 0. The fourth-order valence-electron chi connectivity index (χ4n) is 1.24. The smallest absolute Gasteiger partial charge is 0.0417 e. The number of hydrogen-bond donors (Lipinski definition) is 0. The molecule has 0 spiro atoms. The zero-order chi connectivity index (χ0) is 8.53. The summed E-state index contributed by atoms with van der Waals surface area (Å²) in [6.07, 6.45) is 9.57. The molecule has 0 heterocycles. The van der Waals surface area contributed by atoms with Gasteiger partial charge >= 0.3 is 0 Å². The van der Waals surface area contributed by atoms with Crippen LogP contribution in [0.4, 0.5) is 0 Å². The fraction of sp³-hybridized carbons (Fsp3) is 0.909. The SMILES string of the molecule is [CH2]C(CC)CCCCCCC. The van der Waals surface area contributed by atoms with Crippen molar-refractivity contribution >= 4 is 0 Å². The van der Waals surface area contributed by atoms with E-state index in [0.717, 1.165) is 0 Å². The monoisotopic (exact) mass is 155 g/mol. The second-order valence-electron chi connectivity index (χ2n) is 3.48. The highest BCUT2D eigenvalue weighted by Crippen LogP contribution is 2.12. The molecule has 0 aliphatic rings. The minimum atomic E-state index is 0.705. The van der Waals surface area contributed by atoms with Crippen molar-refractivity contribution in [1.82, 2.24) is 0 Å². The lowest BCUT2D eigenvalue weighted by Gasteiger charge is -2.06. The second kappa shape index (κ2) is 8.10. The molecule has 0 aromatic heterocycles. The van der Waals surface area contributed by atoms with Gasteiger partial charge in [0.2, 0.25) is 0 Å². The summed E-state index contributed by atoms with van der Waals surface area (Å²) in [4.78, 5) is 0. The Bertz CT molecular complexity index is 66.4. The molecular weight excluding hydrogens is 132 g/mol. The van der Waals surface area contributed by atoms with E-state index in [1.54, 1.807) is 0 Å². The molecule has 0 saturated heterocycles. The molecule has 0 aromatic carbocycles. The van der Waals surface area contributed by atoms with Crippen LogP contribution in [0, 0.1) is 12.8 Å². The van der Waals surface area contributed by atoms with Crippen LogP contribution in [-0.4, -0.2) is 0 Å².